The van der Waals surface area contributed by atoms with Crippen LogP contribution >= 0.6 is 0 Å². The van der Waals surface area contributed by atoms with E-state index in [1.165, 1.54) is 66.8 Å². The Hall–Kier alpha value is -12.3. The molecule has 15 rings (SSSR count). The number of para-hydroxylation sites is 1. The fourth-order valence-corrected chi connectivity index (χ4v) is 12.6. The molecule has 3 nitrogen and oxygen atoms in total. The maximum absolute atomic E-state index is 2.34. The van der Waals surface area contributed by atoms with Crippen molar-refractivity contribution in [2.24, 2.45) is 0 Å². The van der Waals surface area contributed by atoms with E-state index in [0.717, 1.165) is 73.4 Å². The maximum Gasteiger partial charge on any atom is 0.0462 e. The molecule has 0 amide bonds. The molecule has 0 aliphatic rings. The van der Waals surface area contributed by atoms with Gasteiger partial charge in [0.25, 0.3) is 0 Å². The number of anilines is 9. The van der Waals surface area contributed by atoms with Gasteiger partial charge in [0.05, 0.1) is 0 Å². The summed E-state index contributed by atoms with van der Waals surface area (Å²) < 4.78 is 0. The summed E-state index contributed by atoms with van der Waals surface area (Å²) >= 11 is 0. The Morgan fingerprint density at radius 2 is 0.183 bits per heavy atom. The third-order valence-corrected chi connectivity index (χ3v) is 17.6. The molecule has 440 valence electrons. The molecule has 15 aromatic carbocycles. The van der Waals surface area contributed by atoms with Gasteiger partial charge in [0.1, 0.15) is 0 Å². The molecule has 0 spiro atoms. The lowest BCUT2D eigenvalue weighted by molar-refractivity contribution is 1.28. The van der Waals surface area contributed by atoms with Crippen molar-refractivity contribution in [2.45, 2.75) is 0 Å². The first-order valence-electron chi connectivity index (χ1n) is 31.8. The van der Waals surface area contributed by atoms with Crippen LogP contribution < -0.4 is 14.7 Å². The van der Waals surface area contributed by atoms with Gasteiger partial charge in [0.2, 0.25) is 0 Å². The molecule has 3 heteroatoms. The van der Waals surface area contributed by atoms with Crippen LogP contribution in [0, 0.1) is 0 Å². The van der Waals surface area contributed by atoms with E-state index in [0.29, 0.717) is 0 Å². The molecule has 0 heterocycles. The first-order valence-corrected chi connectivity index (χ1v) is 31.8. The zero-order valence-corrected chi connectivity index (χ0v) is 51.4. The van der Waals surface area contributed by atoms with Crippen LogP contribution in [0.2, 0.25) is 0 Å². The SMILES string of the molecule is c1ccc(-c2ccc(N(c3ccc(-c4ccccc4)cc3)c3ccc(-c4ccc(-c5ccc(N(c6ccccc6)c6ccc(-c7ccc(-c8ccc(N(c9ccc(-c%10ccccc%10)cc9)c9ccc(-c%10ccccc%10)cc9)cc8)cc7)cc6)cc5)cc4)cc3)cc2)cc1. The van der Waals surface area contributed by atoms with Crippen LogP contribution in [0.3, 0.4) is 0 Å². The summed E-state index contributed by atoms with van der Waals surface area (Å²) in [4.78, 5) is 7.00. The Morgan fingerprint density at radius 3 is 0.323 bits per heavy atom. The number of hydrogen-bond acceptors (Lipinski definition) is 3. The first-order chi connectivity index (χ1) is 46.1. The monoisotopic (exact) mass is 1190 g/mol. The highest BCUT2D eigenvalue weighted by atomic mass is 15.2. The molecule has 0 saturated carbocycles. The topological polar surface area (TPSA) is 9.72 Å². The van der Waals surface area contributed by atoms with Crippen molar-refractivity contribution < 1.29 is 0 Å². The molecule has 0 fully saturated rings. The minimum atomic E-state index is 1.09. The third kappa shape index (κ3) is 12.6. The van der Waals surface area contributed by atoms with Gasteiger partial charge in [0, 0.05) is 51.2 Å². The van der Waals surface area contributed by atoms with E-state index in [9.17, 15) is 0 Å². The summed E-state index contributed by atoms with van der Waals surface area (Å²) in [6.45, 7) is 0. The second-order valence-corrected chi connectivity index (χ2v) is 23.3. The van der Waals surface area contributed by atoms with Crippen molar-refractivity contribution in [3.05, 3.63) is 394 Å². The normalized spacial score (nSPS) is 11.0. The molecule has 0 aliphatic heterocycles. The summed E-state index contributed by atoms with van der Waals surface area (Å²) in [6, 6.07) is 142. The largest absolute Gasteiger partial charge is 0.311 e. The van der Waals surface area contributed by atoms with Gasteiger partial charge >= 0.3 is 0 Å². The quantitative estimate of drug-likeness (QED) is 0.0900. The summed E-state index contributed by atoms with van der Waals surface area (Å²) in [5.41, 5.74) is 28.7. The number of hydrogen-bond donors (Lipinski definition) is 0. The molecule has 0 N–H and O–H groups in total. The number of rotatable bonds is 17. The zero-order chi connectivity index (χ0) is 62.1. The van der Waals surface area contributed by atoms with Gasteiger partial charge in [-0.1, -0.05) is 285 Å². The molecular weight excluding hydrogens is 1120 g/mol. The summed E-state index contributed by atoms with van der Waals surface area (Å²) in [7, 11) is 0. The predicted octanol–water partition coefficient (Wildman–Crippen LogP) is 25.4. The number of nitrogens with zero attached hydrogens (tertiary/aromatic N) is 3. The summed E-state index contributed by atoms with van der Waals surface area (Å²) in [5, 5.41) is 0. The van der Waals surface area contributed by atoms with E-state index in [4.69, 9.17) is 0 Å². The average Bonchev–Trinajstić information content (AvgIpc) is 1.37. The van der Waals surface area contributed by atoms with Gasteiger partial charge in [-0.15, -0.1) is 0 Å². The predicted molar refractivity (Wildman–Crippen MR) is 394 cm³/mol. The molecule has 93 heavy (non-hydrogen) atoms. The number of benzene rings is 15. The highest BCUT2D eigenvalue weighted by Crippen LogP contribution is 2.42. The molecule has 0 bridgehead atoms. The van der Waals surface area contributed by atoms with Crippen LogP contribution in [-0.2, 0) is 0 Å². The Kier molecular flexibility index (Phi) is 16.2. The van der Waals surface area contributed by atoms with Crippen LogP contribution in [0.4, 0.5) is 51.2 Å². The minimum absolute atomic E-state index is 1.09. The smallest absolute Gasteiger partial charge is 0.0462 e. The molecule has 0 saturated heterocycles. The van der Waals surface area contributed by atoms with E-state index in [1.807, 2.05) is 0 Å². The van der Waals surface area contributed by atoms with Crippen LogP contribution in [0.5, 0.6) is 0 Å². The molecule has 15 aromatic rings. The Bertz CT molecular complexity index is 4410. The Balaban J connectivity index is 0.636. The van der Waals surface area contributed by atoms with Crippen LogP contribution in [0.25, 0.3) is 89.0 Å². The lowest BCUT2D eigenvalue weighted by atomic mass is 9.99. The van der Waals surface area contributed by atoms with Crippen LogP contribution in [0.1, 0.15) is 0 Å². The third-order valence-electron chi connectivity index (χ3n) is 17.6. The van der Waals surface area contributed by atoms with Crippen molar-refractivity contribution in [3.8, 4) is 89.0 Å². The van der Waals surface area contributed by atoms with E-state index in [2.05, 4.69) is 409 Å². The van der Waals surface area contributed by atoms with Crippen molar-refractivity contribution in [3.63, 3.8) is 0 Å². The summed E-state index contributed by atoms with van der Waals surface area (Å²) in [5.74, 6) is 0. The van der Waals surface area contributed by atoms with Crippen molar-refractivity contribution in [1.82, 2.24) is 0 Å². The van der Waals surface area contributed by atoms with E-state index >= 15 is 0 Å². The van der Waals surface area contributed by atoms with Gasteiger partial charge in [-0.3, -0.25) is 0 Å². The fraction of sp³-hybridized carbons (Fsp3) is 0. The van der Waals surface area contributed by atoms with Gasteiger partial charge < -0.3 is 14.7 Å². The Morgan fingerprint density at radius 1 is 0.0860 bits per heavy atom. The van der Waals surface area contributed by atoms with Crippen molar-refractivity contribution in [2.75, 3.05) is 14.7 Å². The van der Waals surface area contributed by atoms with E-state index in [-0.39, 0.29) is 0 Å². The molecule has 0 unspecified atom stereocenters. The van der Waals surface area contributed by atoms with Gasteiger partial charge in [-0.05, 0) is 198 Å². The lowest BCUT2D eigenvalue weighted by Crippen LogP contribution is -2.09. The van der Waals surface area contributed by atoms with Crippen molar-refractivity contribution in [1.29, 1.82) is 0 Å². The second-order valence-electron chi connectivity index (χ2n) is 23.3. The molecule has 0 radical (unpaired) electrons. The molecular formula is C90H65N3. The highest BCUT2D eigenvalue weighted by Gasteiger charge is 2.18. The second kappa shape index (κ2) is 26.4. The fourth-order valence-electron chi connectivity index (χ4n) is 12.6. The van der Waals surface area contributed by atoms with Crippen LogP contribution in [0.15, 0.2) is 394 Å². The molecule has 0 atom stereocenters. The maximum atomic E-state index is 2.34. The van der Waals surface area contributed by atoms with Crippen molar-refractivity contribution >= 4 is 51.2 Å². The van der Waals surface area contributed by atoms with E-state index in [1.54, 1.807) is 0 Å². The van der Waals surface area contributed by atoms with Crippen LogP contribution in [-0.4, -0.2) is 0 Å². The highest BCUT2D eigenvalue weighted by molar-refractivity contribution is 5.85. The standard InChI is InChI=1S/C90H65N3/c1-6-16-66(17-7-1)74-34-50-85(51-35-74)92(86-52-36-75(37-53-86)67-18-8-2-9-19-67)89-62-46-80(47-63-89)72-30-26-70(27-31-72)78-42-58-83(59-43-78)91(82-24-14-5-15-25-82)84-60-44-79(45-61-84)71-28-32-73(33-29-71)81-48-64-90(65-49-81)93(87-54-38-76(39-55-87)68-20-10-3-11-21-68)88-56-40-77(41-57-88)69-22-12-4-13-23-69/h1-65H. The lowest BCUT2D eigenvalue weighted by Gasteiger charge is -2.26. The minimum Gasteiger partial charge on any atom is -0.311 e. The Labute approximate surface area is 546 Å². The average molecular weight is 1190 g/mol. The first kappa shape index (κ1) is 57.2. The summed E-state index contributed by atoms with van der Waals surface area (Å²) in [6.07, 6.45) is 0. The van der Waals surface area contributed by atoms with Gasteiger partial charge in [-0.2, -0.15) is 0 Å². The van der Waals surface area contributed by atoms with Gasteiger partial charge in [-0.25, -0.2) is 0 Å². The molecule has 0 aliphatic carbocycles. The molecule has 0 aromatic heterocycles. The van der Waals surface area contributed by atoms with Gasteiger partial charge in [0.15, 0.2) is 0 Å². The zero-order valence-electron chi connectivity index (χ0n) is 51.4. The van der Waals surface area contributed by atoms with E-state index < -0.39 is 0 Å².